The molecule has 2 bridgehead atoms. The minimum atomic E-state index is -1.79. The third-order valence-electron chi connectivity index (χ3n) is 5.65. The first-order chi connectivity index (χ1) is 14.3. The van der Waals surface area contributed by atoms with Crippen LogP contribution in [0.2, 0.25) is 5.02 Å². The van der Waals surface area contributed by atoms with Gasteiger partial charge in [0.1, 0.15) is 36.3 Å². The van der Waals surface area contributed by atoms with Gasteiger partial charge in [0.2, 0.25) is 0 Å². The molecule has 2 aliphatic heterocycles. The van der Waals surface area contributed by atoms with Gasteiger partial charge in [-0.3, -0.25) is 0 Å². The number of rotatable bonds is 5. The third-order valence-corrected chi connectivity index (χ3v) is 6.02. The Hall–Kier alpha value is -1.71. The lowest BCUT2D eigenvalue weighted by molar-refractivity contribution is -0.549. The molecule has 2 aromatic rings. The summed E-state index contributed by atoms with van der Waals surface area (Å²) in [5, 5.41) is 32.0. The van der Waals surface area contributed by atoms with Gasteiger partial charge >= 0.3 is 0 Å². The molecule has 0 unspecified atom stereocenters. The Balaban J connectivity index is 1.67. The predicted octanol–water partition coefficient (Wildman–Crippen LogP) is 2.32. The second kappa shape index (κ2) is 8.09. The molecule has 4 rings (SSSR count). The molecule has 0 aliphatic carbocycles. The van der Waals surface area contributed by atoms with E-state index in [9.17, 15) is 15.3 Å². The molecular weight excluding hydrogens is 412 g/mol. The molecule has 0 saturated carbocycles. The molecule has 2 heterocycles. The van der Waals surface area contributed by atoms with Crippen LogP contribution < -0.4 is 4.74 Å². The lowest BCUT2D eigenvalue weighted by Gasteiger charge is -2.55. The van der Waals surface area contributed by atoms with Crippen molar-refractivity contribution in [3.05, 3.63) is 64.2 Å². The SMILES string of the molecule is CCOc1ccc(Cc2cc([C@]34OOC[C@@](C)(O3)[C@@H](O)[C@H](O)[C@H]4O)ccc2Cl)cc1. The van der Waals surface area contributed by atoms with E-state index in [4.69, 9.17) is 30.8 Å². The number of benzene rings is 2. The molecule has 0 amide bonds. The van der Waals surface area contributed by atoms with Crippen LogP contribution in [-0.4, -0.2) is 52.4 Å². The van der Waals surface area contributed by atoms with Crippen molar-refractivity contribution in [3.8, 4) is 5.75 Å². The lowest BCUT2D eigenvalue weighted by atomic mass is 9.81. The van der Waals surface area contributed by atoms with E-state index in [1.54, 1.807) is 25.1 Å². The molecule has 2 aromatic carbocycles. The summed E-state index contributed by atoms with van der Waals surface area (Å²) in [5.74, 6) is -0.998. The van der Waals surface area contributed by atoms with Crippen molar-refractivity contribution in [2.75, 3.05) is 13.2 Å². The van der Waals surface area contributed by atoms with E-state index in [2.05, 4.69) is 0 Å². The van der Waals surface area contributed by atoms with Crippen LogP contribution in [0, 0.1) is 0 Å². The summed E-state index contributed by atoms with van der Waals surface area (Å²) in [6.45, 7) is 4.03. The lowest BCUT2D eigenvalue weighted by Crippen LogP contribution is -2.71. The first-order valence-electron chi connectivity index (χ1n) is 9.85. The van der Waals surface area contributed by atoms with E-state index >= 15 is 0 Å². The van der Waals surface area contributed by atoms with Gasteiger partial charge in [0, 0.05) is 10.6 Å². The number of aliphatic hydroxyl groups is 3. The van der Waals surface area contributed by atoms with E-state index in [1.807, 2.05) is 31.2 Å². The first kappa shape index (κ1) is 21.5. The van der Waals surface area contributed by atoms with Crippen LogP contribution in [-0.2, 0) is 26.7 Å². The normalized spacial score (nSPS) is 33.3. The molecule has 7 nitrogen and oxygen atoms in total. The summed E-state index contributed by atoms with van der Waals surface area (Å²) >= 11 is 6.42. The maximum Gasteiger partial charge on any atom is 0.257 e. The summed E-state index contributed by atoms with van der Waals surface area (Å²) in [6.07, 6.45) is -3.85. The Labute approximate surface area is 179 Å². The molecule has 2 fully saturated rings. The van der Waals surface area contributed by atoms with Crippen LogP contribution in [0.15, 0.2) is 42.5 Å². The van der Waals surface area contributed by atoms with E-state index < -0.39 is 29.7 Å². The molecule has 0 radical (unpaired) electrons. The van der Waals surface area contributed by atoms with Gasteiger partial charge in [-0.25, -0.2) is 4.89 Å². The minimum Gasteiger partial charge on any atom is -0.494 e. The van der Waals surface area contributed by atoms with Crippen molar-refractivity contribution < 1.29 is 34.6 Å². The van der Waals surface area contributed by atoms with Crippen molar-refractivity contribution >= 4 is 11.6 Å². The van der Waals surface area contributed by atoms with Crippen LogP contribution >= 0.6 is 11.6 Å². The Morgan fingerprint density at radius 2 is 1.83 bits per heavy atom. The van der Waals surface area contributed by atoms with Crippen molar-refractivity contribution in [3.63, 3.8) is 0 Å². The largest absolute Gasteiger partial charge is 0.494 e. The van der Waals surface area contributed by atoms with Crippen LogP contribution in [0.1, 0.15) is 30.5 Å². The minimum absolute atomic E-state index is 0.0909. The fourth-order valence-corrected chi connectivity index (χ4v) is 4.12. The van der Waals surface area contributed by atoms with Crippen molar-refractivity contribution in [1.82, 2.24) is 0 Å². The molecule has 3 N–H and O–H groups in total. The second-order valence-corrected chi connectivity index (χ2v) is 8.28. The van der Waals surface area contributed by atoms with Crippen molar-refractivity contribution in [1.29, 1.82) is 0 Å². The first-order valence-corrected chi connectivity index (χ1v) is 10.2. The molecule has 30 heavy (non-hydrogen) atoms. The average Bonchev–Trinajstić information content (AvgIpc) is 2.74. The number of hydrogen-bond donors (Lipinski definition) is 3. The van der Waals surface area contributed by atoms with Gasteiger partial charge in [-0.05, 0) is 55.7 Å². The van der Waals surface area contributed by atoms with Gasteiger partial charge in [0.15, 0.2) is 0 Å². The second-order valence-electron chi connectivity index (χ2n) is 7.87. The van der Waals surface area contributed by atoms with E-state index in [0.29, 0.717) is 23.6 Å². The zero-order valence-corrected chi connectivity index (χ0v) is 17.5. The summed E-state index contributed by atoms with van der Waals surface area (Å²) < 4.78 is 11.5. The monoisotopic (exact) mass is 436 g/mol. The van der Waals surface area contributed by atoms with E-state index in [1.165, 1.54) is 0 Å². The Bertz CT molecular complexity index is 905. The van der Waals surface area contributed by atoms with Gasteiger partial charge in [-0.2, -0.15) is 4.89 Å². The molecule has 8 heteroatoms. The molecule has 2 saturated heterocycles. The number of hydrogen-bond acceptors (Lipinski definition) is 7. The summed E-state index contributed by atoms with van der Waals surface area (Å²) in [6, 6.07) is 12.8. The average molecular weight is 437 g/mol. The highest BCUT2D eigenvalue weighted by atomic mass is 35.5. The van der Waals surface area contributed by atoms with Crippen LogP contribution in [0.4, 0.5) is 0 Å². The van der Waals surface area contributed by atoms with Gasteiger partial charge in [-0.15, -0.1) is 0 Å². The van der Waals surface area contributed by atoms with E-state index in [-0.39, 0.29) is 6.61 Å². The van der Waals surface area contributed by atoms with Crippen molar-refractivity contribution in [2.45, 2.75) is 50.0 Å². The summed E-state index contributed by atoms with van der Waals surface area (Å²) in [7, 11) is 0. The quantitative estimate of drug-likeness (QED) is 0.619. The summed E-state index contributed by atoms with van der Waals surface area (Å²) in [4.78, 5) is 10.6. The highest BCUT2D eigenvalue weighted by molar-refractivity contribution is 6.31. The topological polar surface area (TPSA) is 97.6 Å². The summed E-state index contributed by atoms with van der Waals surface area (Å²) in [5.41, 5.74) is 0.977. The Morgan fingerprint density at radius 1 is 1.10 bits per heavy atom. The number of ether oxygens (including phenoxy) is 2. The van der Waals surface area contributed by atoms with Crippen LogP contribution in [0.3, 0.4) is 0 Å². The van der Waals surface area contributed by atoms with Crippen LogP contribution in [0.25, 0.3) is 0 Å². The van der Waals surface area contributed by atoms with Gasteiger partial charge in [0.25, 0.3) is 5.79 Å². The predicted molar refractivity (Wildman–Crippen MR) is 108 cm³/mol. The van der Waals surface area contributed by atoms with Gasteiger partial charge < -0.3 is 24.8 Å². The smallest absolute Gasteiger partial charge is 0.257 e. The van der Waals surface area contributed by atoms with Crippen molar-refractivity contribution in [2.24, 2.45) is 0 Å². The Kier molecular flexibility index (Phi) is 5.80. The molecule has 5 atom stereocenters. The Morgan fingerprint density at radius 3 is 2.53 bits per heavy atom. The number of halogens is 1. The fraction of sp³-hybridized carbons (Fsp3) is 0.455. The zero-order valence-electron chi connectivity index (χ0n) is 16.7. The van der Waals surface area contributed by atoms with Crippen LogP contribution in [0.5, 0.6) is 5.75 Å². The standard InChI is InChI=1S/C22H25ClO7/c1-3-27-16-7-4-13(5-8-16)10-14-11-15(6-9-17(14)23)22-20(26)18(24)19(25)21(2,29-22)12-28-30-22/h4-9,11,18-20,24-26H,3,10,12H2,1-2H3/t18-,19-,20+,21+,22+/m0/s1. The maximum absolute atomic E-state index is 10.7. The molecule has 162 valence electrons. The maximum atomic E-state index is 10.7. The zero-order chi connectivity index (χ0) is 21.5. The molecular formula is C22H25ClO7. The molecule has 2 aliphatic rings. The number of fused-ring (bicyclic) bond motifs is 2. The van der Waals surface area contributed by atoms with Gasteiger partial charge in [0.05, 0.1) is 6.61 Å². The van der Waals surface area contributed by atoms with E-state index in [0.717, 1.165) is 16.9 Å². The highest BCUT2D eigenvalue weighted by Gasteiger charge is 2.64. The third kappa shape index (κ3) is 3.61. The highest BCUT2D eigenvalue weighted by Crippen LogP contribution is 2.47. The van der Waals surface area contributed by atoms with Gasteiger partial charge in [-0.1, -0.05) is 29.8 Å². The number of aliphatic hydroxyl groups excluding tert-OH is 3. The molecule has 0 aromatic heterocycles. The molecule has 0 spiro atoms. The fourth-order valence-electron chi connectivity index (χ4n) is 3.94.